The van der Waals surface area contributed by atoms with Crippen LogP contribution in [0.15, 0.2) is 36.7 Å². The highest BCUT2D eigenvalue weighted by atomic mass is 14.9. The largest absolute Gasteiger partial charge is 0.354 e. The number of hydrogen-bond acceptors (Lipinski definition) is 2. The Morgan fingerprint density at radius 3 is 2.72 bits per heavy atom. The number of rotatable bonds is 2. The molecule has 0 aliphatic rings. The van der Waals surface area contributed by atoms with Gasteiger partial charge in [0.25, 0.3) is 0 Å². The molecule has 92 valence electrons. The fourth-order valence-corrected chi connectivity index (χ4v) is 2.28. The number of benzene rings is 1. The lowest BCUT2D eigenvalue weighted by Gasteiger charge is -2.24. The van der Waals surface area contributed by atoms with Gasteiger partial charge < -0.3 is 10.3 Å². The van der Waals surface area contributed by atoms with Crippen molar-refractivity contribution in [2.45, 2.75) is 19.4 Å². The standard InChI is InChI=1S/C15H17N3/c1-15(2,16-3)10-4-5-11-12-9-17-7-6-13(12)18-14(11)8-10/h4-9,16,18H,1-3H3. The van der Waals surface area contributed by atoms with E-state index in [0.29, 0.717) is 0 Å². The van der Waals surface area contributed by atoms with Crippen LogP contribution in [0, 0.1) is 0 Å². The van der Waals surface area contributed by atoms with E-state index in [0.717, 1.165) is 5.52 Å². The van der Waals surface area contributed by atoms with Crippen molar-refractivity contribution in [3.8, 4) is 0 Å². The summed E-state index contributed by atoms with van der Waals surface area (Å²) in [5.74, 6) is 0. The molecule has 0 amide bonds. The molecule has 0 saturated carbocycles. The van der Waals surface area contributed by atoms with Crippen LogP contribution in [0.2, 0.25) is 0 Å². The van der Waals surface area contributed by atoms with E-state index in [4.69, 9.17) is 0 Å². The number of pyridine rings is 1. The van der Waals surface area contributed by atoms with Crippen LogP contribution in [0.1, 0.15) is 19.4 Å². The van der Waals surface area contributed by atoms with Gasteiger partial charge in [-0.3, -0.25) is 4.98 Å². The highest BCUT2D eigenvalue weighted by Gasteiger charge is 2.18. The van der Waals surface area contributed by atoms with E-state index in [1.807, 2.05) is 25.5 Å². The van der Waals surface area contributed by atoms with Crippen molar-refractivity contribution >= 4 is 21.8 Å². The molecule has 0 spiro atoms. The lowest BCUT2D eigenvalue weighted by atomic mass is 9.94. The number of H-pyrrole nitrogens is 1. The minimum absolute atomic E-state index is 0.0241. The molecule has 1 aromatic carbocycles. The Labute approximate surface area is 106 Å². The fraction of sp³-hybridized carbons (Fsp3) is 0.267. The normalized spacial score (nSPS) is 12.4. The van der Waals surface area contributed by atoms with E-state index in [1.165, 1.54) is 21.9 Å². The zero-order chi connectivity index (χ0) is 12.8. The second-order valence-electron chi connectivity index (χ2n) is 5.18. The predicted octanol–water partition coefficient (Wildman–Crippen LogP) is 3.17. The average molecular weight is 239 g/mol. The first-order chi connectivity index (χ1) is 8.62. The summed E-state index contributed by atoms with van der Waals surface area (Å²) in [7, 11) is 1.99. The third-order valence-corrected chi connectivity index (χ3v) is 3.75. The zero-order valence-electron chi connectivity index (χ0n) is 10.9. The Kier molecular flexibility index (Phi) is 2.38. The molecule has 3 rings (SSSR count). The quantitative estimate of drug-likeness (QED) is 0.721. The van der Waals surface area contributed by atoms with Crippen molar-refractivity contribution in [1.29, 1.82) is 0 Å². The molecule has 0 saturated heterocycles. The van der Waals surface area contributed by atoms with Crippen molar-refractivity contribution < 1.29 is 0 Å². The number of aromatic nitrogens is 2. The molecule has 3 aromatic rings. The van der Waals surface area contributed by atoms with Gasteiger partial charge >= 0.3 is 0 Å². The van der Waals surface area contributed by atoms with Crippen molar-refractivity contribution in [2.24, 2.45) is 0 Å². The molecule has 0 unspecified atom stereocenters. The molecule has 2 N–H and O–H groups in total. The smallest absolute Gasteiger partial charge is 0.0495 e. The van der Waals surface area contributed by atoms with Gasteiger partial charge in [0.05, 0.1) is 0 Å². The highest BCUT2D eigenvalue weighted by Crippen LogP contribution is 2.28. The highest BCUT2D eigenvalue weighted by molar-refractivity contribution is 6.06. The first-order valence-corrected chi connectivity index (χ1v) is 6.17. The molecule has 0 bridgehead atoms. The summed E-state index contributed by atoms with van der Waals surface area (Å²) >= 11 is 0. The molecule has 18 heavy (non-hydrogen) atoms. The number of fused-ring (bicyclic) bond motifs is 3. The molecule has 0 aliphatic heterocycles. The minimum atomic E-state index is -0.0241. The zero-order valence-corrected chi connectivity index (χ0v) is 10.9. The number of nitrogens with zero attached hydrogens (tertiary/aromatic N) is 1. The summed E-state index contributed by atoms with van der Waals surface area (Å²) in [6, 6.07) is 8.58. The molecule has 2 aromatic heterocycles. The van der Waals surface area contributed by atoms with Crippen molar-refractivity contribution in [2.75, 3.05) is 7.05 Å². The Morgan fingerprint density at radius 1 is 1.11 bits per heavy atom. The van der Waals surface area contributed by atoms with Gasteiger partial charge in [-0.25, -0.2) is 0 Å². The van der Waals surface area contributed by atoms with Gasteiger partial charge in [-0.15, -0.1) is 0 Å². The molecule has 3 heteroatoms. The maximum Gasteiger partial charge on any atom is 0.0495 e. The molecule has 3 nitrogen and oxygen atoms in total. The van der Waals surface area contributed by atoms with Crippen LogP contribution in [-0.4, -0.2) is 17.0 Å². The Hall–Kier alpha value is -1.87. The monoisotopic (exact) mass is 239 g/mol. The predicted molar refractivity (Wildman–Crippen MR) is 75.7 cm³/mol. The van der Waals surface area contributed by atoms with Crippen LogP contribution < -0.4 is 5.32 Å². The molecule has 2 heterocycles. The topological polar surface area (TPSA) is 40.7 Å². The second-order valence-corrected chi connectivity index (χ2v) is 5.18. The van der Waals surface area contributed by atoms with Gasteiger partial charge in [0, 0.05) is 39.7 Å². The Morgan fingerprint density at radius 2 is 1.94 bits per heavy atom. The van der Waals surface area contributed by atoms with Gasteiger partial charge in [0.2, 0.25) is 0 Å². The number of aromatic amines is 1. The van der Waals surface area contributed by atoms with E-state index >= 15 is 0 Å². The SMILES string of the molecule is CNC(C)(C)c1ccc2c(c1)[nH]c1ccncc12. The van der Waals surface area contributed by atoms with Crippen molar-refractivity contribution in [3.63, 3.8) is 0 Å². The molecule has 0 atom stereocenters. The molecule has 0 radical (unpaired) electrons. The summed E-state index contributed by atoms with van der Waals surface area (Å²) < 4.78 is 0. The maximum atomic E-state index is 4.19. The molecular weight excluding hydrogens is 222 g/mol. The summed E-state index contributed by atoms with van der Waals surface area (Å²) in [5.41, 5.74) is 3.55. The summed E-state index contributed by atoms with van der Waals surface area (Å²) in [6.45, 7) is 4.36. The van der Waals surface area contributed by atoms with E-state index in [9.17, 15) is 0 Å². The van der Waals surface area contributed by atoms with Gasteiger partial charge in [-0.05, 0) is 38.6 Å². The first kappa shape index (κ1) is 11.2. The molecule has 0 fully saturated rings. The lowest BCUT2D eigenvalue weighted by molar-refractivity contribution is 0.445. The van der Waals surface area contributed by atoms with Crippen LogP contribution in [-0.2, 0) is 5.54 Å². The third-order valence-electron chi connectivity index (χ3n) is 3.75. The van der Waals surface area contributed by atoms with Crippen LogP contribution in [0.3, 0.4) is 0 Å². The minimum Gasteiger partial charge on any atom is -0.354 e. The van der Waals surface area contributed by atoms with Crippen LogP contribution in [0.4, 0.5) is 0 Å². The summed E-state index contributed by atoms with van der Waals surface area (Å²) in [4.78, 5) is 7.64. The Bertz CT molecular complexity index is 710. The van der Waals surface area contributed by atoms with E-state index < -0.39 is 0 Å². The van der Waals surface area contributed by atoms with Gasteiger partial charge in [-0.1, -0.05) is 12.1 Å². The van der Waals surface area contributed by atoms with Gasteiger partial charge in [0.15, 0.2) is 0 Å². The third kappa shape index (κ3) is 1.59. The van der Waals surface area contributed by atoms with Gasteiger partial charge in [-0.2, -0.15) is 0 Å². The van der Waals surface area contributed by atoms with Crippen LogP contribution in [0.25, 0.3) is 21.8 Å². The van der Waals surface area contributed by atoms with Crippen LogP contribution >= 0.6 is 0 Å². The van der Waals surface area contributed by atoms with E-state index in [1.54, 1.807) is 0 Å². The van der Waals surface area contributed by atoms with E-state index in [-0.39, 0.29) is 5.54 Å². The first-order valence-electron chi connectivity index (χ1n) is 6.17. The van der Waals surface area contributed by atoms with Crippen molar-refractivity contribution in [1.82, 2.24) is 15.3 Å². The average Bonchev–Trinajstić information content (AvgIpc) is 2.76. The number of nitrogens with one attached hydrogen (secondary N) is 2. The summed E-state index contributed by atoms with van der Waals surface area (Å²) in [6.07, 6.45) is 3.73. The second kappa shape index (κ2) is 3.82. The fourth-order valence-electron chi connectivity index (χ4n) is 2.28. The Balaban J connectivity index is 2.27. The lowest BCUT2D eigenvalue weighted by Crippen LogP contribution is -2.32. The van der Waals surface area contributed by atoms with Crippen molar-refractivity contribution in [3.05, 3.63) is 42.2 Å². The van der Waals surface area contributed by atoms with Crippen LogP contribution in [0.5, 0.6) is 0 Å². The molecular formula is C15H17N3. The molecule has 0 aliphatic carbocycles. The summed E-state index contributed by atoms with van der Waals surface area (Å²) in [5, 5.41) is 5.74. The van der Waals surface area contributed by atoms with Gasteiger partial charge in [0.1, 0.15) is 0 Å². The maximum absolute atomic E-state index is 4.19. The van der Waals surface area contributed by atoms with E-state index in [2.05, 4.69) is 47.3 Å². The number of hydrogen-bond donors (Lipinski definition) is 2.